The van der Waals surface area contributed by atoms with Gasteiger partial charge in [0.05, 0.1) is 12.2 Å². The van der Waals surface area contributed by atoms with Gasteiger partial charge in [-0.15, -0.1) is 0 Å². The van der Waals surface area contributed by atoms with Crippen LogP contribution in [0.4, 0.5) is 0 Å². The fourth-order valence-corrected chi connectivity index (χ4v) is 1.05. The molecule has 1 aliphatic heterocycles. The first-order valence-corrected chi connectivity index (χ1v) is 3.14. The maximum absolute atomic E-state index is 9.06. The molecule has 54 valence electrons. The van der Waals surface area contributed by atoms with Crippen molar-refractivity contribution >= 4 is 0 Å². The van der Waals surface area contributed by atoms with Gasteiger partial charge in [-0.1, -0.05) is 0 Å². The Hall–Kier alpha value is -0.120. The Kier molecular flexibility index (Phi) is 1.75. The molecule has 0 aliphatic carbocycles. The Morgan fingerprint density at radius 3 is 1.44 bits per heavy atom. The third-order valence-corrected chi connectivity index (χ3v) is 1.74. The third-order valence-electron chi connectivity index (χ3n) is 1.74. The second-order valence-corrected chi connectivity index (χ2v) is 2.53. The fourth-order valence-electron chi connectivity index (χ4n) is 1.05. The molecule has 0 aromatic rings. The van der Waals surface area contributed by atoms with E-state index < -0.39 is 12.2 Å². The summed E-state index contributed by atoms with van der Waals surface area (Å²) in [6, 6.07) is 0. The van der Waals surface area contributed by atoms with Gasteiger partial charge in [0.25, 0.3) is 0 Å². The number of aliphatic hydroxyl groups is 2. The van der Waals surface area contributed by atoms with Crippen LogP contribution in [0.2, 0.25) is 0 Å². The topological polar surface area (TPSA) is 49.7 Å². The van der Waals surface area contributed by atoms with Crippen LogP contribution >= 0.6 is 0 Å². The van der Waals surface area contributed by atoms with Crippen molar-refractivity contribution in [2.75, 3.05) is 0 Å². The highest BCUT2D eigenvalue weighted by Crippen LogP contribution is 2.19. The van der Waals surface area contributed by atoms with Crippen LogP contribution in [0.1, 0.15) is 13.8 Å². The van der Waals surface area contributed by atoms with Gasteiger partial charge in [-0.2, -0.15) is 0 Å². The summed E-state index contributed by atoms with van der Waals surface area (Å²) in [7, 11) is 0. The van der Waals surface area contributed by atoms with E-state index in [-0.39, 0.29) is 12.2 Å². The number of hydrogen-bond donors (Lipinski definition) is 2. The van der Waals surface area contributed by atoms with Crippen molar-refractivity contribution in [1.29, 1.82) is 0 Å². The lowest BCUT2D eigenvalue weighted by Crippen LogP contribution is -2.30. The van der Waals surface area contributed by atoms with Crippen molar-refractivity contribution in [3.63, 3.8) is 0 Å². The molecule has 1 fully saturated rings. The second-order valence-electron chi connectivity index (χ2n) is 2.53. The zero-order valence-corrected chi connectivity index (χ0v) is 5.61. The highest BCUT2D eigenvalue weighted by atomic mass is 16.5. The molecule has 0 aromatic carbocycles. The standard InChI is InChI=1S/C6H12O3/c1-3-5(7)6(8)4(2)9-3/h3-8H,1-2H3/t3-,4+,5+,6?/m1/s1. The van der Waals surface area contributed by atoms with Gasteiger partial charge in [0.1, 0.15) is 12.2 Å². The van der Waals surface area contributed by atoms with E-state index in [1.807, 2.05) is 0 Å². The Balaban J connectivity index is 2.54. The van der Waals surface area contributed by atoms with Crippen LogP contribution in [0.5, 0.6) is 0 Å². The molecule has 4 atom stereocenters. The first-order chi connectivity index (χ1) is 4.13. The van der Waals surface area contributed by atoms with Gasteiger partial charge in [-0.3, -0.25) is 0 Å². The normalized spacial score (nSPS) is 52.0. The average molecular weight is 132 g/mol. The molecule has 0 aromatic heterocycles. The molecule has 0 bridgehead atoms. The molecule has 0 amide bonds. The molecule has 1 saturated heterocycles. The van der Waals surface area contributed by atoms with Gasteiger partial charge in [-0.25, -0.2) is 0 Å². The Labute approximate surface area is 54.3 Å². The quantitative estimate of drug-likeness (QED) is 0.468. The van der Waals surface area contributed by atoms with Gasteiger partial charge < -0.3 is 14.9 Å². The molecular formula is C6H12O3. The average Bonchev–Trinajstić information content (AvgIpc) is 1.98. The van der Waals surface area contributed by atoms with Gasteiger partial charge >= 0.3 is 0 Å². The summed E-state index contributed by atoms with van der Waals surface area (Å²) < 4.78 is 5.09. The SMILES string of the molecule is C[C@@H]1O[C@H](C)[C@H](O)C1O. The minimum absolute atomic E-state index is 0.227. The molecule has 1 rings (SSSR count). The monoisotopic (exact) mass is 132 g/mol. The fraction of sp³-hybridized carbons (Fsp3) is 1.00. The predicted octanol–water partition coefficient (Wildman–Crippen LogP) is -0.485. The lowest BCUT2D eigenvalue weighted by molar-refractivity contribution is 0.0281. The van der Waals surface area contributed by atoms with Crippen molar-refractivity contribution in [2.24, 2.45) is 0 Å². The molecule has 0 radical (unpaired) electrons. The number of hydrogen-bond acceptors (Lipinski definition) is 3. The predicted molar refractivity (Wildman–Crippen MR) is 32.0 cm³/mol. The molecule has 9 heavy (non-hydrogen) atoms. The van der Waals surface area contributed by atoms with Crippen molar-refractivity contribution < 1.29 is 14.9 Å². The number of aliphatic hydroxyl groups excluding tert-OH is 2. The lowest BCUT2D eigenvalue weighted by Gasteiger charge is -2.08. The summed E-state index contributed by atoms with van der Waals surface area (Å²) in [5.41, 5.74) is 0. The largest absolute Gasteiger partial charge is 0.388 e. The first-order valence-electron chi connectivity index (χ1n) is 3.14. The van der Waals surface area contributed by atoms with Crippen LogP contribution in [0.15, 0.2) is 0 Å². The van der Waals surface area contributed by atoms with E-state index in [1.165, 1.54) is 0 Å². The van der Waals surface area contributed by atoms with Crippen LogP contribution in [-0.4, -0.2) is 34.6 Å². The van der Waals surface area contributed by atoms with E-state index >= 15 is 0 Å². The highest BCUT2D eigenvalue weighted by molar-refractivity contribution is 4.85. The van der Waals surface area contributed by atoms with Crippen LogP contribution in [-0.2, 0) is 4.74 Å². The molecule has 3 nitrogen and oxygen atoms in total. The molecule has 1 heterocycles. The lowest BCUT2D eigenvalue weighted by atomic mass is 10.1. The van der Waals surface area contributed by atoms with Crippen molar-refractivity contribution in [3.8, 4) is 0 Å². The van der Waals surface area contributed by atoms with E-state index in [0.717, 1.165) is 0 Å². The zero-order valence-electron chi connectivity index (χ0n) is 5.61. The summed E-state index contributed by atoms with van der Waals surface area (Å²) in [6.07, 6.45) is -1.87. The Bertz CT molecular complexity index is 92.5. The van der Waals surface area contributed by atoms with Crippen molar-refractivity contribution in [3.05, 3.63) is 0 Å². The minimum atomic E-state index is -0.708. The molecular weight excluding hydrogens is 120 g/mol. The van der Waals surface area contributed by atoms with Crippen LogP contribution < -0.4 is 0 Å². The number of rotatable bonds is 0. The van der Waals surface area contributed by atoms with Crippen LogP contribution in [0.3, 0.4) is 0 Å². The number of ether oxygens (including phenoxy) is 1. The third kappa shape index (κ3) is 1.08. The van der Waals surface area contributed by atoms with E-state index in [4.69, 9.17) is 14.9 Å². The maximum atomic E-state index is 9.06. The maximum Gasteiger partial charge on any atom is 0.108 e. The zero-order chi connectivity index (χ0) is 7.02. The van der Waals surface area contributed by atoms with E-state index in [1.54, 1.807) is 13.8 Å². The summed E-state index contributed by atoms with van der Waals surface area (Å²) in [6.45, 7) is 3.49. The minimum Gasteiger partial charge on any atom is -0.388 e. The van der Waals surface area contributed by atoms with Crippen LogP contribution in [0.25, 0.3) is 0 Å². The first kappa shape index (κ1) is 6.99. The van der Waals surface area contributed by atoms with Gasteiger partial charge in [0.2, 0.25) is 0 Å². The van der Waals surface area contributed by atoms with E-state index in [9.17, 15) is 0 Å². The smallest absolute Gasteiger partial charge is 0.108 e. The molecule has 1 unspecified atom stereocenters. The van der Waals surface area contributed by atoms with E-state index in [0.29, 0.717) is 0 Å². The van der Waals surface area contributed by atoms with Crippen molar-refractivity contribution in [2.45, 2.75) is 38.3 Å². The van der Waals surface area contributed by atoms with Crippen LogP contribution in [0, 0.1) is 0 Å². The summed E-state index contributed by atoms with van der Waals surface area (Å²) in [4.78, 5) is 0. The van der Waals surface area contributed by atoms with Gasteiger partial charge in [-0.05, 0) is 13.8 Å². The Morgan fingerprint density at radius 2 is 1.33 bits per heavy atom. The molecule has 3 heteroatoms. The van der Waals surface area contributed by atoms with E-state index in [2.05, 4.69) is 0 Å². The second kappa shape index (κ2) is 2.25. The molecule has 2 N–H and O–H groups in total. The summed E-state index contributed by atoms with van der Waals surface area (Å²) in [5.74, 6) is 0. The van der Waals surface area contributed by atoms with Crippen molar-refractivity contribution in [1.82, 2.24) is 0 Å². The highest BCUT2D eigenvalue weighted by Gasteiger charge is 2.36. The summed E-state index contributed by atoms with van der Waals surface area (Å²) in [5, 5.41) is 18.1. The van der Waals surface area contributed by atoms with Gasteiger partial charge in [0.15, 0.2) is 0 Å². The Morgan fingerprint density at radius 1 is 1.00 bits per heavy atom. The molecule has 0 saturated carbocycles. The van der Waals surface area contributed by atoms with Gasteiger partial charge in [0, 0.05) is 0 Å². The summed E-state index contributed by atoms with van der Waals surface area (Å²) >= 11 is 0. The molecule has 0 spiro atoms. The molecule has 1 aliphatic rings.